The SMILES string of the molecule is CCCc1cc(F)c(OCC2CCCCC2)c(F)c1. The zero-order valence-electron chi connectivity index (χ0n) is 11.6. The predicted octanol–water partition coefficient (Wildman–Crippen LogP) is 4.88. The molecule has 0 saturated heterocycles. The van der Waals surface area contributed by atoms with E-state index in [0.717, 1.165) is 19.3 Å². The van der Waals surface area contributed by atoms with Gasteiger partial charge in [0.2, 0.25) is 0 Å². The van der Waals surface area contributed by atoms with Gasteiger partial charge >= 0.3 is 0 Å². The van der Waals surface area contributed by atoms with Crippen LogP contribution in [-0.2, 0) is 6.42 Å². The van der Waals surface area contributed by atoms with E-state index in [4.69, 9.17) is 4.74 Å². The highest BCUT2D eigenvalue weighted by atomic mass is 19.1. The molecule has 1 aliphatic rings. The van der Waals surface area contributed by atoms with Gasteiger partial charge in [0.05, 0.1) is 6.61 Å². The van der Waals surface area contributed by atoms with Crippen molar-refractivity contribution in [1.82, 2.24) is 0 Å². The van der Waals surface area contributed by atoms with E-state index in [-0.39, 0.29) is 5.75 Å². The lowest BCUT2D eigenvalue weighted by atomic mass is 9.90. The van der Waals surface area contributed by atoms with Gasteiger partial charge in [-0.3, -0.25) is 0 Å². The first-order chi connectivity index (χ1) is 9.20. The van der Waals surface area contributed by atoms with Gasteiger partial charge in [-0.2, -0.15) is 0 Å². The normalized spacial score (nSPS) is 16.6. The maximum absolute atomic E-state index is 13.8. The third kappa shape index (κ3) is 3.92. The highest BCUT2D eigenvalue weighted by molar-refractivity contribution is 5.31. The van der Waals surface area contributed by atoms with Crippen molar-refractivity contribution in [3.8, 4) is 5.75 Å². The first-order valence-corrected chi connectivity index (χ1v) is 7.31. The predicted molar refractivity (Wildman–Crippen MR) is 72.4 cm³/mol. The summed E-state index contributed by atoms with van der Waals surface area (Å²) in [6.45, 7) is 2.42. The Balaban J connectivity index is 1.99. The molecule has 1 aliphatic carbocycles. The van der Waals surface area contributed by atoms with Crippen molar-refractivity contribution >= 4 is 0 Å². The Kier molecular flexibility index (Phi) is 5.17. The molecule has 1 fully saturated rings. The summed E-state index contributed by atoms with van der Waals surface area (Å²) < 4.78 is 33.0. The van der Waals surface area contributed by atoms with E-state index in [1.165, 1.54) is 31.4 Å². The van der Waals surface area contributed by atoms with Gasteiger partial charge in [0.15, 0.2) is 17.4 Å². The molecule has 106 valence electrons. The van der Waals surface area contributed by atoms with E-state index in [1.807, 2.05) is 6.92 Å². The lowest BCUT2D eigenvalue weighted by molar-refractivity contribution is 0.195. The van der Waals surface area contributed by atoms with E-state index in [2.05, 4.69) is 0 Å². The molecule has 1 nitrogen and oxygen atoms in total. The van der Waals surface area contributed by atoms with Crippen LogP contribution in [0.1, 0.15) is 51.0 Å². The Hall–Kier alpha value is -1.12. The van der Waals surface area contributed by atoms with Crippen molar-refractivity contribution < 1.29 is 13.5 Å². The molecule has 0 aliphatic heterocycles. The molecule has 0 N–H and O–H groups in total. The van der Waals surface area contributed by atoms with E-state index in [1.54, 1.807) is 0 Å². The Morgan fingerprint density at radius 3 is 2.32 bits per heavy atom. The largest absolute Gasteiger partial charge is 0.487 e. The van der Waals surface area contributed by atoms with E-state index in [0.29, 0.717) is 24.5 Å². The van der Waals surface area contributed by atoms with Gasteiger partial charge in [-0.05, 0) is 42.9 Å². The van der Waals surface area contributed by atoms with Gasteiger partial charge in [0.25, 0.3) is 0 Å². The molecule has 1 aromatic rings. The highest BCUT2D eigenvalue weighted by Gasteiger charge is 2.17. The molecular formula is C16H22F2O. The van der Waals surface area contributed by atoms with E-state index >= 15 is 0 Å². The van der Waals surface area contributed by atoms with Crippen LogP contribution in [0.2, 0.25) is 0 Å². The minimum Gasteiger partial charge on any atom is -0.487 e. The number of hydrogen-bond acceptors (Lipinski definition) is 1. The Morgan fingerprint density at radius 2 is 1.74 bits per heavy atom. The maximum atomic E-state index is 13.8. The summed E-state index contributed by atoms with van der Waals surface area (Å²) in [6, 6.07) is 2.78. The fourth-order valence-electron chi connectivity index (χ4n) is 2.74. The Labute approximate surface area is 114 Å². The highest BCUT2D eigenvalue weighted by Crippen LogP contribution is 2.28. The number of rotatable bonds is 5. The minimum atomic E-state index is -0.570. The molecule has 0 amide bonds. The molecule has 2 rings (SSSR count). The smallest absolute Gasteiger partial charge is 0.190 e. The second-order valence-corrected chi connectivity index (χ2v) is 5.45. The molecular weight excluding hydrogens is 246 g/mol. The summed E-state index contributed by atoms with van der Waals surface area (Å²) in [5, 5.41) is 0. The van der Waals surface area contributed by atoms with E-state index in [9.17, 15) is 8.78 Å². The van der Waals surface area contributed by atoms with Crippen LogP contribution in [0.3, 0.4) is 0 Å². The molecule has 0 heterocycles. The molecule has 0 unspecified atom stereocenters. The van der Waals surface area contributed by atoms with Crippen LogP contribution in [0.5, 0.6) is 5.75 Å². The molecule has 1 saturated carbocycles. The molecule has 0 radical (unpaired) electrons. The topological polar surface area (TPSA) is 9.23 Å². The summed E-state index contributed by atoms with van der Waals surface area (Å²) in [4.78, 5) is 0. The minimum absolute atomic E-state index is 0.203. The Bertz CT molecular complexity index is 388. The van der Waals surface area contributed by atoms with Crippen molar-refractivity contribution in [3.63, 3.8) is 0 Å². The van der Waals surface area contributed by atoms with Gasteiger partial charge in [0, 0.05) is 0 Å². The van der Waals surface area contributed by atoms with Gasteiger partial charge < -0.3 is 4.74 Å². The summed E-state index contributed by atoms with van der Waals surface area (Å²) in [5.41, 5.74) is 0.697. The average Bonchev–Trinajstić information content (AvgIpc) is 2.39. The fourth-order valence-corrected chi connectivity index (χ4v) is 2.74. The van der Waals surface area contributed by atoms with Crippen LogP contribution < -0.4 is 4.74 Å². The van der Waals surface area contributed by atoms with Gasteiger partial charge in [0.1, 0.15) is 0 Å². The van der Waals surface area contributed by atoms with Crippen molar-refractivity contribution in [2.24, 2.45) is 5.92 Å². The molecule has 0 bridgehead atoms. The third-order valence-electron chi connectivity index (χ3n) is 3.78. The number of aryl methyl sites for hydroxylation is 1. The van der Waals surface area contributed by atoms with Gasteiger partial charge in [-0.15, -0.1) is 0 Å². The van der Waals surface area contributed by atoms with Gasteiger partial charge in [-0.25, -0.2) is 8.78 Å². The second-order valence-electron chi connectivity index (χ2n) is 5.45. The summed E-state index contributed by atoms with van der Waals surface area (Å²) in [7, 11) is 0. The van der Waals surface area contributed by atoms with Crippen molar-refractivity contribution in [3.05, 3.63) is 29.3 Å². The number of halogens is 2. The van der Waals surface area contributed by atoms with Crippen LogP contribution in [0.4, 0.5) is 8.78 Å². The van der Waals surface area contributed by atoms with Crippen molar-refractivity contribution in [1.29, 1.82) is 0 Å². The van der Waals surface area contributed by atoms with Crippen LogP contribution in [0.15, 0.2) is 12.1 Å². The number of benzene rings is 1. The zero-order chi connectivity index (χ0) is 13.7. The lowest BCUT2D eigenvalue weighted by Gasteiger charge is -2.22. The maximum Gasteiger partial charge on any atom is 0.190 e. The summed E-state index contributed by atoms with van der Waals surface area (Å²) >= 11 is 0. The lowest BCUT2D eigenvalue weighted by Crippen LogP contribution is -2.16. The molecule has 0 atom stereocenters. The van der Waals surface area contributed by atoms with Crippen molar-refractivity contribution in [2.75, 3.05) is 6.61 Å². The third-order valence-corrected chi connectivity index (χ3v) is 3.78. The summed E-state index contributed by atoms with van der Waals surface area (Å²) in [5.74, 6) is -0.896. The van der Waals surface area contributed by atoms with Crippen molar-refractivity contribution in [2.45, 2.75) is 51.9 Å². The number of hydrogen-bond donors (Lipinski definition) is 0. The quantitative estimate of drug-likeness (QED) is 0.739. The Morgan fingerprint density at radius 1 is 1.11 bits per heavy atom. The van der Waals surface area contributed by atoms with Crippen LogP contribution in [0.25, 0.3) is 0 Å². The number of ether oxygens (including phenoxy) is 1. The first-order valence-electron chi connectivity index (χ1n) is 7.31. The monoisotopic (exact) mass is 268 g/mol. The molecule has 1 aromatic carbocycles. The van der Waals surface area contributed by atoms with Crippen LogP contribution in [0, 0.1) is 17.6 Å². The first kappa shape index (κ1) is 14.3. The fraction of sp³-hybridized carbons (Fsp3) is 0.625. The zero-order valence-corrected chi connectivity index (χ0v) is 11.6. The molecule has 3 heteroatoms. The van der Waals surface area contributed by atoms with E-state index < -0.39 is 11.6 Å². The van der Waals surface area contributed by atoms with Crippen LogP contribution >= 0.6 is 0 Å². The molecule has 19 heavy (non-hydrogen) atoms. The molecule has 0 spiro atoms. The summed E-state index contributed by atoms with van der Waals surface area (Å²) in [6.07, 6.45) is 7.46. The average molecular weight is 268 g/mol. The second kappa shape index (κ2) is 6.88. The van der Waals surface area contributed by atoms with Crippen LogP contribution in [-0.4, -0.2) is 6.61 Å². The van der Waals surface area contributed by atoms with Gasteiger partial charge in [-0.1, -0.05) is 32.6 Å². The molecule has 0 aromatic heterocycles. The standard InChI is InChI=1S/C16H22F2O/c1-2-6-13-9-14(17)16(15(18)10-13)19-11-12-7-4-3-5-8-12/h9-10,12H,2-8,11H2,1H3.